The first-order chi connectivity index (χ1) is 14.6. The van der Waals surface area contributed by atoms with Crippen molar-refractivity contribution in [2.24, 2.45) is 0 Å². The second-order valence-corrected chi connectivity index (χ2v) is 8.57. The first kappa shape index (κ1) is 20.6. The number of fused-ring (bicyclic) bond motifs is 1. The fourth-order valence-electron chi connectivity index (χ4n) is 3.31. The number of hydrogen-bond donors (Lipinski definition) is 0. The predicted octanol–water partition coefficient (Wildman–Crippen LogP) is 6.56. The Morgan fingerprint density at radius 1 is 1.13 bits per heavy atom. The van der Waals surface area contributed by atoms with Crippen molar-refractivity contribution >= 4 is 56.7 Å². The molecular weight excluding hydrogens is 417 g/mol. The molecule has 1 aliphatic rings. The zero-order valence-electron chi connectivity index (χ0n) is 16.4. The van der Waals surface area contributed by atoms with E-state index in [9.17, 15) is 9.18 Å². The summed E-state index contributed by atoms with van der Waals surface area (Å²) in [6.45, 7) is 2.72. The molecule has 152 valence electrons. The van der Waals surface area contributed by atoms with Gasteiger partial charge in [-0.2, -0.15) is 0 Å². The van der Waals surface area contributed by atoms with Crippen molar-refractivity contribution in [3.8, 4) is 5.75 Å². The molecule has 3 aromatic rings. The van der Waals surface area contributed by atoms with Crippen LogP contribution in [0.25, 0.3) is 16.8 Å². The Bertz CT molecular complexity index is 1160. The van der Waals surface area contributed by atoms with E-state index in [-0.39, 0.29) is 5.91 Å². The van der Waals surface area contributed by atoms with Crippen LogP contribution in [0.1, 0.15) is 25.3 Å². The van der Waals surface area contributed by atoms with Gasteiger partial charge in [0.15, 0.2) is 4.32 Å². The maximum Gasteiger partial charge on any atom is 0.270 e. The Hall–Kier alpha value is -2.70. The molecule has 0 aliphatic carbocycles. The molecule has 0 spiro atoms. The number of rotatable bonds is 6. The van der Waals surface area contributed by atoms with E-state index in [1.54, 1.807) is 12.1 Å². The summed E-state index contributed by atoms with van der Waals surface area (Å²) in [5.74, 6) is 0.0624. The summed E-state index contributed by atoms with van der Waals surface area (Å²) in [5.41, 5.74) is 1.28. The van der Waals surface area contributed by atoms with E-state index in [4.69, 9.17) is 17.0 Å². The van der Waals surface area contributed by atoms with E-state index in [2.05, 4.69) is 6.92 Å². The summed E-state index contributed by atoms with van der Waals surface area (Å²) in [6.07, 6.45) is 3.82. The summed E-state index contributed by atoms with van der Waals surface area (Å²) < 4.78 is 20.1. The minimum Gasteiger partial charge on any atom is -0.493 e. The summed E-state index contributed by atoms with van der Waals surface area (Å²) in [4.78, 5) is 15.0. The SMILES string of the molecule is CCCCOc1ccc2ccccc2c1/C=C1/SC(=S)N(c2cccc(F)c2)C1=O. The molecule has 0 atom stereocenters. The number of thioether (sulfide) groups is 1. The molecule has 3 aromatic carbocycles. The number of benzene rings is 3. The molecule has 0 unspecified atom stereocenters. The molecule has 0 radical (unpaired) electrons. The topological polar surface area (TPSA) is 29.5 Å². The van der Waals surface area contributed by atoms with Gasteiger partial charge in [0.05, 0.1) is 17.2 Å². The van der Waals surface area contributed by atoms with Crippen molar-refractivity contribution in [3.63, 3.8) is 0 Å². The zero-order chi connectivity index (χ0) is 21.1. The fraction of sp³-hybridized carbons (Fsp3) is 0.167. The van der Waals surface area contributed by atoms with Crippen LogP contribution in [0.4, 0.5) is 10.1 Å². The average molecular weight is 438 g/mol. The van der Waals surface area contributed by atoms with Crippen LogP contribution in [0.2, 0.25) is 0 Å². The summed E-state index contributed by atoms with van der Waals surface area (Å²) in [5, 5.41) is 2.06. The van der Waals surface area contributed by atoms with E-state index < -0.39 is 5.82 Å². The van der Waals surface area contributed by atoms with E-state index in [0.29, 0.717) is 21.5 Å². The van der Waals surface area contributed by atoms with Crippen LogP contribution in [0.15, 0.2) is 65.6 Å². The number of anilines is 1. The van der Waals surface area contributed by atoms with Gasteiger partial charge >= 0.3 is 0 Å². The van der Waals surface area contributed by atoms with Gasteiger partial charge in [-0.15, -0.1) is 0 Å². The van der Waals surface area contributed by atoms with Gasteiger partial charge in [-0.25, -0.2) is 4.39 Å². The fourth-order valence-corrected chi connectivity index (χ4v) is 4.59. The van der Waals surface area contributed by atoms with Gasteiger partial charge in [0, 0.05) is 5.56 Å². The lowest BCUT2D eigenvalue weighted by atomic mass is 10.0. The van der Waals surface area contributed by atoms with E-state index in [1.807, 2.05) is 42.5 Å². The minimum absolute atomic E-state index is 0.261. The smallest absolute Gasteiger partial charge is 0.270 e. The molecule has 1 saturated heterocycles. The van der Waals surface area contributed by atoms with Gasteiger partial charge in [0.1, 0.15) is 11.6 Å². The molecule has 1 amide bonds. The van der Waals surface area contributed by atoms with Gasteiger partial charge in [0.25, 0.3) is 5.91 Å². The first-order valence-corrected chi connectivity index (χ1v) is 11.0. The minimum atomic E-state index is -0.411. The Balaban J connectivity index is 1.76. The number of thiocarbonyl (C=S) groups is 1. The number of halogens is 1. The Morgan fingerprint density at radius 2 is 1.97 bits per heavy atom. The zero-order valence-corrected chi connectivity index (χ0v) is 18.1. The third-order valence-corrected chi connectivity index (χ3v) is 6.12. The number of amides is 1. The van der Waals surface area contributed by atoms with Crippen molar-refractivity contribution in [2.75, 3.05) is 11.5 Å². The average Bonchev–Trinajstić information content (AvgIpc) is 3.02. The lowest BCUT2D eigenvalue weighted by molar-refractivity contribution is -0.113. The molecule has 0 N–H and O–H groups in total. The highest BCUT2D eigenvalue weighted by molar-refractivity contribution is 8.27. The number of nitrogens with zero attached hydrogens (tertiary/aromatic N) is 1. The van der Waals surface area contributed by atoms with E-state index in [1.165, 1.54) is 28.8 Å². The van der Waals surface area contributed by atoms with E-state index >= 15 is 0 Å². The highest BCUT2D eigenvalue weighted by atomic mass is 32.2. The molecule has 0 bridgehead atoms. The number of hydrogen-bond acceptors (Lipinski definition) is 4. The van der Waals surface area contributed by atoms with Gasteiger partial charge in [-0.1, -0.05) is 73.7 Å². The molecule has 3 nitrogen and oxygen atoms in total. The second-order valence-electron chi connectivity index (χ2n) is 6.90. The van der Waals surface area contributed by atoms with Crippen molar-refractivity contribution in [3.05, 3.63) is 76.9 Å². The monoisotopic (exact) mass is 437 g/mol. The highest BCUT2D eigenvalue weighted by Gasteiger charge is 2.33. The molecular formula is C24H20FNO2S2. The van der Waals surface area contributed by atoms with Crippen molar-refractivity contribution in [1.82, 2.24) is 0 Å². The summed E-state index contributed by atoms with van der Waals surface area (Å²) >= 11 is 6.64. The molecule has 1 heterocycles. The third-order valence-electron chi connectivity index (χ3n) is 4.82. The number of carbonyl (C=O) groups is 1. The Labute approximate surface area is 184 Å². The van der Waals surface area contributed by atoms with Crippen LogP contribution < -0.4 is 9.64 Å². The molecule has 1 fully saturated rings. The van der Waals surface area contributed by atoms with Gasteiger partial charge < -0.3 is 4.74 Å². The first-order valence-electron chi connectivity index (χ1n) is 9.76. The van der Waals surface area contributed by atoms with Crippen LogP contribution in [-0.4, -0.2) is 16.8 Å². The lowest BCUT2D eigenvalue weighted by Crippen LogP contribution is -2.27. The van der Waals surface area contributed by atoms with E-state index in [0.717, 1.165) is 34.9 Å². The van der Waals surface area contributed by atoms with Crippen LogP contribution in [-0.2, 0) is 4.79 Å². The number of unbranched alkanes of at least 4 members (excludes halogenated alkanes) is 1. The molecule has 1 aliphatic heterocycles. The lowest BCUT2D eigenvalue weighted by Gasteiger charge is -2.14. The summed E-state index contributed by atoms with van der Waals surface area (Å²) in [7, 11) is 0. The summed E-state index contributed by atoms with van der Waals surface area (Å²) in [6, 6.07) is 17.8. The quantitative estimate of drug-likeness (QED) is 0.248. The maximum absolute atomic E-state index is 13.7. The normalized spacial score (nSPS) is 15.4. The van der Waals surface area contributed by atoms with Gasteiger partial charge in [-0.3, -0.25) is 9.69 Å². The van der Waals surface area contributed by atoms with Gasteiger partial charge in [0.2, 0.25) is 0 Å². The van der Waals surface area contributed by atoms with Crippen LogP contribution >= 0.6 is 24.0 Å². The molecule has 0 aromatic heterocycles. The maximum atomic E-state index is 13.7. The van der Waals surface area contributed by atoms with Crippen molar-refractivity contribution < 1.29 is 13.9 Å². The van der Waals surface area contributed by atoms with Crippen LogP contribution in [0, 0.1) is 5.82 Å². The van der Waals surface area contributed by atoms with Crippen molar-refractivity contribution in [2.45, 2.75) is 19.8 Å². The number of ether oxygens (including phenoxy) is 1. The van der Waals surface area contributed by atoms with Crippen LogP contribution in [0.3, 0.4) is 0 Å². The number of carbonyl (C=O) groups excluding carboxylic acids is 1. The Kier molecular flexibility index (Phi) is 6.16. The largest absolute Gasteiger partial charge is 0.493 e. The molecule has 4 rings (SSSR count). The molecule has 0 saturated carbocycles. The second kappa shape index (κ2) is 8.98. The standard InChI is InChI=1S/C24H20FNO2S2/c1-2-3-13-28-21-12-11-16-7-4-5-10-19(16)20(21)15-22-23(27)26(24(29)30-22)18-9-6-8-17(25)14-18/h4-12,14-15H,2-3,13H2,1H3/b22-15+. The molecule has 30 heavy (non-hydrogen) atoms. The van der Waals surface area contributed by atoms with Crippen LogP contribution in [0.5, 0.6) is 5.75 Å². The molecule has 6 heteroatoms. The predicted molar refractivity (Wildman–Crippen MR) is 126 cm³/mol. The Morgan fingerprint density at radius 3 is 2.77 bits per heavy atom. The van der Waals surface area contributed by atoms with Gasteiger partial charge in [-0.05, 0) is 47.5 Å². The van der Waals surface area contributed by atoms with Crippen molar-refractivity contribution in [1.29, 1.82) is 0 Å². The third kappa shape index (κ3) is 4.11. The highest BCUT2D eigenvalue weighted by Crippen LogP contribution is 2.39.